The molecule has 3 rings (SSSR count). The average Bonchev–Trinajstić information content (AvgIpc) is 2.36. The van der Waals surface area contributed by atoms with Crippen LogP contribution in [0, 0.1) is 6.92 Å². The molecule has 1 aliphatic heterocycles. The van der Waals surface area contributed by atoms with Crippen molar-refractivity contribution in [3.63, 3.8) is 0 Å². The summed E-state index contributed by atoms with van der Waals surface area (Å²) < 4.78 is 6.16. The van der Waals surface area contributed by atoms with E-state index in [2.05, 4.69) is 30.4 Å². The predicted molar refractivity (Wildman–Crippen MR) is 74.3 cm³/mol. The molecule has 2 nitrogen and oxygen atoms in total. The molecule has 1 aromatic carbocycles. The number of hydrogen-bond acceptors (Lipinski definition) is 2. The van der Waals surface area contributed by atoms with Gasteiger partial charge in [0.15, 0.2) is 0 Å². The minimum atomic E-state index is 0.475. The summed E-state index contributed by atoms with van der Waals surface area (Å²) >= 11 is 0. The Labute approximate surface area is 110 Å². The molecule has 1 N–H and O–H groups in total. The van der Waals surface area contributed by atoms with Gasteiger partial charge in [-0.3, -0.25) is 0 Å². The molecule has 1 unspecified atom stereocenters. The Kier molecular flexibility index (Phi) is 3.55. The number of benzene rings is 1. The zero-order valence-electron chi connectivity index (χ0n) is 11.2. The Morgan fingerprint density at radius 1 is 1.17 bits per heavy atom. The average molecular weight is 245 g/mol. The summed E-state index contributed by atoms with van der Waals surface area (Å²) in [7, 11) is 0. The zero-order chi connectivity index (χ0) is 12.4. The molecule has 98 valence electrons. The SMILES string of the molecule is Cc1ccc(OC2CCC2)c(C2CCCNC2)c1. The Morgan fingerprint density at radius 2 is 2.06 bits per heavy atom. The molecule has 2 aliphatic rings. The Hall–Kier alpha value is -1.02. The topological polar surface area (TPSA) is 21.3 Å². The van der Waals surface area contributed by atoms with Crippen LogP contribution in [0.4, 0.5) is 0 Å². The van der Waals surface area contributed by atoms with E-state index in [0.717, 1.165) is 12.3 Å². The van der Waals surface area contributed by atoms with Crippen molar-refractivity contribution in [1.29, 1.82) is 0 Å². The predicted octanol–water partition coefficient (Wildman–Crippen LogP) is 3.39. The molecule has 1 aliphatic carbocycles. The number of nitrogens with one attached hydrogen (secondary N) is 1. The van der Waals surface area contributed by atoms with Crippen LogP contribution in [0.3, 0.4) is 0 Å². The largest absolute Gasteiger partial charge is 0.490 e. The van der Waals surface area contributed by atoms with Crippen LogP contribution >= 0.6 is 0 Å². The minimum absolute atomic E-state index is 0.475. The lowest BCUT2D eigenvalue weighted by Crippen LogP contribution is -2.30. The van der Waals surface area contributed by atoms with Crippen molar-refractivity contribution >= 4 is 0 Å². The molecular formula is C16H23NO. The van der Waals surface area contributed by atoms with Gasteiger partial charge in [0.1, 0.15) is 5.75 Å². The number of piperidine rings is 1. The monoisotopic (exact) mass is 245 g/mol. The molecule has 0 spiro atoms. The quantitative estimate of drug-likeness (QED) is 0.881. The summed E-state index contributed by atoms with van der Waals surface area (Å²) in [5.41, 5.74) is 2.77. The van der Waals surface area contributed by atoms with E-state index >= 15 is 0 Å². The van der Waals surface area contributed by atoms with Crippen LogP contribution in [0.1, 0.15) is 49.1 Å². The van der Waals surface area contributed by atoms with Crippen LogP contribution in [-0.2, 0) is 0 Å². The second-order valence-electron chi connectivity index (χ2n) is 5.76. The smallest absolute Gasteiger partial charge is 0.123 e. The second-order valence-corrected chi connectivity index (χ2v) is 5.76. The summed E-state index contributed by atoms with van der Waals surface area (Å²) in [6.45, 7) is 4.44. The van der Waals surface area contributed by atoms with E-state index < -0.39 is 0 Å². The first-order valence-corrected chi connectivity index (χ1v) is 7.31. The molecule has 0 radical (unpaired) electrons. The van der Waals surface area contributed by atoms with Gasteiger partial charge in [-0.15, -0.1) is 0 Å². The van der Waals surface area contributed by atoms with Gasteiger partial charge < -0.3 is 10.1 Å². The van der Waals surface area contributed by atoms with Crippen LogP contribution < -0.4 is 10.1 Å². The molecule has 0 aromatic heterocycles. The molecular weight excluding hydrogens is 222 g/mol. The second kappa shape index (κ2) is 5.31. The van der Waals surface area contributed by atoms with Crippen molar-refractivity contribution < 1.29 is 4.74 Å². The maximum absolute atomic E-state index is 6.16. The Bertz CT molecular complexity index is 406. The van der Waals surface area contributed by atoms with Crippen LogP contribution in [0.25, 0.3) is 0 Å². The lowest BCUT2D eigenvalue weighted by atomic mass is 9.89. The third-order valence-corrected chi connectivity index (χ3v) is 4.25. The van der Waals surface area contributed by atoms with Crippen LogP contribution in [0.2, 0.25) is 0 Å². The number of aryl methyl sites for hydroxylation is 1. The van der Waals surface area contributed by atoms with Crippen LogP contribution in [0.15, 0.2) is 18.2 Å². The highest BCUT2D eigenvalue weighted by atomic mass is 16.5. The number of hydrogen-bond donors (Lipinski definition) is 1. The third-order valence-electron chi connectivity index (χ3n) is 4.25. The van der Waals surface area contributed by atoms with Gasteiger partial charge in [-0.05, 0) is 57.2 Å². The van der Waals surface area contributed by atoms with Gasteiger partial charge in [-0.25, -0.2) is 0 Å². The molecule has 0 amide bonds. The molecule has 1 heterocycles. The van der Waals surface area contributed by atoms with Crippen LogP contribution in [0.5, 0.6) is 5.75 Å². The van der Waals surface area contributed by atoms with E-state index in [0.29, 0.717) is 12.0 Å². The van der Waals surface area contributed by atoms with Gasteiger partial charge in [0.05, 0.1) is 6.10 Å². The summed E-state index contributed by atoms with van der Waals surface area (Å²) in [4.78, 5) is 0. The van der Waals surface area contributed by atoms with E-state index in [4.69, 9.17) is 4.74 Å². The third kappa shape index (κ3) is 2.54. The molecule has 1 saturated heterocycles. The highest BCUT2D eigenvalue weighted by Crippen LogP contribution is 2.34. The van der Waals surface area contributed by atoms with Gasteiger partial charge >= 0.3 is 0 Å². The fraction of sp³-hybridized carbons (Fsp3) is 0.625. The fourth-order valence-corrected chi connectivity index (χ4v) is 2.88. The summed E-state index contributed by atoms with van der Waals surface area (Å²) in [5, 5.41) is 3.51. The van der Waals surface area contributed by atoms with Crippen molar-refractivity contribution in [2.75, 3.05) is 13.1 Å². The summed E-state index contributed by atoms with van der Waals surface area (Å²) in [6.07, 6.45) is 6.84. The summed E-state index contributed by atoms with van der Waals surface area (Å²) in [5.74, 6) is 1.77. The van der Waals surface area contributed by atoms with E-state index in [1.165, 1.54) is 49.8 Å². The lowest BCUT2D eigenvalue weighted by molar-refractivity contribution is 0.118. The first-order valence-electron chi connectivity index (χ1n) is 7.31. The van der Waals surface area contributed by atoms with Crippen LogP contribution in [-0.4, -0.2) is 19.2 Å². The normalized spacial score (nSPS) is 24.6. The first-order chi connectivity index (χ1) is 8.83. The highest BCUT2D eigenvalue weighted by molar-refractivity contribution is 5.40. The fourth-order valence-electron chi connectivity index (χ4n) is 2.88. The molecule has 1 atom stereocenters. The first kappa shape index (κ1) is 12.0. The van der Waals surface area contributed by atoms with E-state index in [1.807, 2.05) is 0 Å². The van der Waals surface area contributed by atoms with Crippen molar-refractivity contribution in [2.45, 2.75) is 51.0 Å². The Balaban J connectivity index is 1.81. The molecule has 2 fully saturated rings. The maximum Gasteiger partial charge on any atom is 0.123 e. The van der Waals surface area contributed by atoms with Crippen molar-refractivity contribution in [3.8, 4) is 5.75 Å². The summed E-state index contributed by atoms with van der Waals surface area (Å²) in [6, 6.07) is 6.68. The minimum Gasteiger partial charge on any atom is -0.490 e. The zero-order valence-corrected chi connectivity index (χ0v) is 11.2. The van der Waals surface area contributed by atoms with Gasteiger partial charge in [0, 0.05) is 12.5 Å². The molecule has 18 heavy (non-hydrogen) atoms. The Morgan fingerprint density at radius 3 is 2.72 bits per heavy atom. The standard InChI is InChI=1S/C16H23NO/c1-12-7-8-16(18-14-5-2-6-14)15(10-12)13-4-3-9-17-11-13/h7-8,10,13-14,17H,2-6,9,11H2,1H3. The number of rotatable bonds is 3. The lowest BCUT2D eigenvalue weighted by Gasteiger charge is -2.30. The highest BCUT2D eigenvalue weighted by Gasteiger charge is 2.23. The van der Waals surface area contributed by atoms with E-state index in [9.17, 15) is 0 Å². The van der Waals surface area contributed by atoms with Crippen molar-refractivity contribution in [2.24, 2.45) is 0 Å². The van der Waals surface area contributed by atoms with Gasteiger partial charge in [0.2, 0.25) is 0 Å². The van der Waals surface area contributed by atoms with Gasteiger partial charge in [-0.2, -0.15) is 0 Å². The van der Waals surface area contributed by atoms with E-state index in [1.54, 1.807) is 0 Å². The molecule has 1 saturated carbocycles. The van der Waals surface area contributed by atoms with Crippen molar-refractivity contribution in [3.05, 3.63) is 29.3 Å². The molecule has 0 bridgehead atoms. The molecule has 2 heteroatoms. The van der Waals surface area contributed by atoms with Gasteiger partial charge in [0.25, 0.3) is 0 Å². The van der Waals surface area contributed by atoms with Crippen molar-refractivity contribution in [1.82, 2.24) is 5.32 Å². The molecule has 1 aromatic rings. The van der Waals surface area contributed by atoms with Gasteiger partial charge in [-0.1, -0.05) is 17.7 Å². The maximum atomic E-state index is 6.16. The number of ether oxygens (including phenoxy) is 1. The van der Waals surface area contributed by atoms with E-state index in [-0.39, 0.29) is 0 Å².